The summed E-state index contributed by atoms with van der Waals surface area (Å²) in [7, 11) is 3.85. The maximum atomic E-state index is 10.0. The molecule has 1 aliphatic rings. The molecular weight excluding hydrogens is 296 g/mol. The highest BCUT2D eigenvalue weighted by Gasteiger charge is 2.22. The van der Waals surface area contributed by atoms with Gasteiger partial charge in [0, 0.05) is 6.07 Å². The zero-order chi connectivity index (χ0) is 16.5. The van der Waals surface area contributed by atoms with Crippen LogP contribution in [0.25, 0.3) is 0 Å². The van der Waals surface area contributed by atoms with E-state index in [-0.39, 0.29) is 0 Å². The van der Waals surface area contributed by atoms with Gasteiger partial charge in [-0.1, -0.05) is 6.07 Å². The molecule has 0 unspecified atom stereocenters. The van der Waals surface area contributed by atoms with E-state index in [1.54, 1.807) is 12.0 Å². The molecule has 0 bridgehead atoms. The molecular formula is C17H30N2O4+2. The van der Waals surface area contributed by atoms with Crippen LogP contribution in [-0.4, -0.2) is 77.9 Å². The number of hydrogen-bond donors (Lipinski definition) is 3. The van der Waals surface area contributed by atoms with Crippen LogP contribution in [0.4, 0.5) is 0 Å². The normalized spacial score (nSPS) is 22.6. The molecule has 1 atom stereocenters. The molecule has 0 radical (unpaired) electrons. The SMILES string of the molecule is COc1cccc(OCCOC[C@@H](O)C[NH+]2CC[NH+](C)CC2)c1. The first-order valence-electron chi connectivity index (χ1n) is 8.35. The maximum absolute atomic E-state index is 10.0. The van der Waals surface area contributed by atoms with Gasteiger partial charge >= 0.3 is 0 Å². The number of hydrogen-bond acceptors (Lipinski definition) is 4. The average molecular weight is 326 g/mol. The lowest BCUT2D eigenvalue weighted by molar-refractivity contribution is -1.00. The fourth-order valence-electron chi connectivity index (χ4n) is 2.76. The molecule has 0 aromatic heterocycles. The molecule has 1 aromatic rings. The van der Waals surface area contributed by atoms with Gasteiger partial charge in [-0.25, -0.2) is 0 Å². The third-order valence-electron chi connectivity index (χ3n) is 4.18. The average Bonchev–Trinajstić information content (AvgIpc) is 2.57. The zero-order valence-electron chi connectivity index (χ0n) is 14.2. The van der Waals surface area contributed by atoms with Crippen LogP contribution in [0, 0.1) is 0 Å². The minimum atomic E-state index is -0.403. The van der Waals surface area contributed by atoms with Crippen LogP contribution in [0.15, 0.2) is 24.3 Å². The summed E-state index contributed by atoms with van der Waals surface area (Å²) < 4.78 is 16.3. The Hall–Kier alpha value is -1.34. The molecule has 0 amide bonds. The topological polar surface area (TPSA) is 56.8 Å². The molecule has 1 aromatic carbocycles. The maximum Gasteiger partial charge on any atom is 0.127 e. The van der Waals surface area contributed by atoms with Crippen molar-refractivity contribution in [2.45, 2.75) is 6.10 Å². The van der Waals surface area contributed by atoms with E-state index in [9.17, 15) is 5.11 Å². The highest BCUT2D eigenvalue weighted by atomic mass is 16.5. The van der Waals surface area contributed by atoms with E-state index in [2.05, 4.69) is 7.05 Å². The predicted octanol–water partition coefficient (Wildman–Crippen LogP) is -2.14. The molecule has 130 valence electrons. The summed E-state index contributed by atoms with van der Waals surface area (Å²) >= 11 is 0. The number of aliphatic hydroxyl groups is 1. The van der Waals surface area contributed by atoms with Gasteiger partial charge in [0.2, 0.25) is 0 Å². The van der Waals surface area contributed by atoms with Crippen molar-refractivity contribution in [2.75, 3.05) is 66.7 Å². The van der Waals surface area contributed by atoms with Gasteiger partial charge in [0.1, 0.15) is 56.9 Å². The van der Waals surface area contributed by atoms with E-state index in [0.717, 1.165) is 31.1 Å². The van der Waals surface area contributed by atoms with Gasteiger partial charge in [-0.05, 0) is 12.1 Å². The molecule has 2 rings (SSSR count). The number of ether oxygens (including phenoxy) is 3. The molecule has 1 heterocycles. The molecule has 23 heavy (non-hydrogen) atoms. The van der Waals surface area contributed by atoms with Crippen molar-refractivity contribution in [3.8, 4) is 11.5 Å². The van der Waals surface area contributed by atoms with Gasteiger partial charge < -0.3 is 29.1 Å². The largest absolute Gasteiger partial charge is 0.497 e. The van der Waals surface area contributed by atoms with E-state index in [0.29, 0.717) is 19.8 Å². The lowest BCUT2D eigenvalue weighted by Crippen LogP contribution is -3.27. The van der Waals surface area contributed by atoms with Crippen LogP contribution in [-0.2, 0) is 4.74 Å². The zero-order valence-corrected chi connectivity index (χ0v) is 14.2. The van der Waals surface area contributed by atoms with Crippen molar-refractivity contribution in [1.29, 1.82) is 0 Å². The standard InChI is InChI=1S/C17H28N2O4/c1-18-6-8-19(9-7-18)13-15(20)14-22-10-11-23-17-5-3-4-16(12-17)21-2/h3-5,12,15,20H,6-11,13-14H2,1-2H3/p+2/t15-/m0/s1. The van der Waals surface area contributed by atoms with Crippen molar-refractivity contribution in [2.24, 2.45) is 0 Å². The number of rotatable bonds is 9. The first-order chi connectivity index (χ1) is 11.2. The number of benzene rings is 1. The van der Waals surface area contributed by atoms with Crippen molar-refractivity contribution >= 4 is 0 Å². The van der Waals surface area contributed by atoms with Crippen molar-refractivity contribution in [3.05, 3.63) is 24.3 Å². The molecule has 1 saturated heterocycles. The summed E-state index contributed by atoms with van der Waals surface area (Å²) in [6.07, 6.45) is -0.403. The number of methoxy groups -OCH3 is 1. The van der Waals surface area contributed by atoms with Gasteiger partial charge in [-0.15, -0.1) is 0 Å². The summed E-state index contributed by atoms with van der Waals surface area (Å²) in [5.74, 6) is 1.54. The number of quaternary nitrogens is 2. The molecule has 1 fully saturated rings. The lowest BCUT2D eigenvalue weighted by atomic mass is 10.3. The van der Waals surface area contributed by atoms with E-state index in [1.165, 1.54) is 18.0 Å². The van der Waals surface area contributed by atoms with Gasteiger partial charge in [0.15, 0.2) is 0 Å². The number of piperazine rings is 1. The van der Waals surface area contributed by atoms with Crippen LogP contribution in [0.1, 0.15) is 0 Å². The van der Waals surface area contributed by atoms with Crippen molar-refractivity contribution in [3.63, 3.8) is 0 Å². The fourth-order valence-corrected chi connectivity index (χ4v) is 2.76. The minimum Gasteiger partial charge on any atom is -0.497 e. The fraction of sp³-hybridized carbons (Fsp3) is 0.647. The summed E-state index contributed by atoms with van der Waals surface area (Å²) in [5.41, 5.74) is 0. The monoisotopic (exact) mass is 326 g/mol. The molecule has 0 aliphatic carbocycles. The highest BCUT2D eigenvalue weighted by Crippen LogP contribution is 2.18. The van der Waals surface area contributed by atoms with E-state index in [4.69, 9.17) is 14.2 Å². The van der Waals surface area contributed by atoms with Gasteiger partial charge in [0.05, 0.1) is 27.4 Å². The molecule has 0 spiro atoms. The summed E-state index contributed by atoms with van der Waals surface area (Å²) in [6, 6.07) is 7.49. The van der Waals surface area contributed by atoms with Gasteiger partial charge in [0.25, 0.3) is 0 Å². The highest BCUT2D eigenvalue weighted by molar-refractivity contribution is 5.32. The van der Waals surface area contributed by atoms with Crippen molar-refractivity contribution in [1.82, 2.24) is 0 Å². The van der Waals surface area contributed by atoms with Crippen molar-refractivity contribution < 1.29 is 29.1 Å². The first-order valence-corrected chi connectivity index (χ1v) is 8.35. The number of nitrogens with one attached hydrogen (secondary N) is 2. The quantitative estimate of drug-likeness (QED) is 0.454. The summed E-state index contributed by atoms with van der Waals surface area (Å²) in [5, 5.41) is 10.0. The Morgan fingerprint density at radius 2 is 1.87 bits per heavy atom. The van der Waals surface area contributed by atoms with E-state index >= 15 is 0 Å². The molecule has 0 saturated carbocycles. The summed E-state index contributed by atoms with van der Waals surface area (Å²) in [4.78, 5) is 3.05. The van der Waals surface area contributed by atoms with Crippen LogP contribution in [0.5, 0.6) is 11.5 Å². The predicted molar refractivity (Wildman–Crippen MR) is 87.5 cm³/mol. The second-order valence-electron chi connectivity index (χ2n) is 6.17. The second kappa shape index (κ2) is 9.72. The number of aliphatic hydroxyl groups excluding tert-OH is 1. The van der Waals surface area contributed by atoms with Crippen LogP contribution in [0.2, 0.25) is 0 Å². The Morgan fingerprint density at radius 3 is 2.61 bits per heavy atom. The Balaban J connectivity index is 1.54. The smallest absolute Gasteiger partial charge is 0.127 e. The van der Waals surface area contributed by atoms with Crippen LogP contribution >= 0.6 is 0 Å². The Bertz CT molecular complexity index is 450. The number of likely N-dealkylation sites (N-methyl/N-ethyl adjacent to an activating group) is 1. The van der Waals surface area contributed by atoms with Gasteiger partial charge in [-0.3, -0.25) is 0 Å². The molecule has 3 N–H and O–H groups in total. The van der Waals surface area contributed by atoms with E-state index in [1.807, 2.05) is 24.3 Å². The minimum absolute atomic E-state index is 0.369. The van der Waals surface area contributed by atoms with Crippen LogP contribution in [0.3, 0.4) is 0 Å². The third-order valence-corrected chi connectivity index (χ3v) is 4.18. The Morgan fingerprint density at radius 1 is 1.13 bits per heavy atom. The summed E-state index contributed by atoms with van der Waals surface area (Å²) in [6.45, 7) is 6.68. The Kier molecular flexibility index (Phi) is 7.61. The molecule has 6 nitrogen and oxygen atoms in total. The van der Waals surface area contributed by atoms with Gasteiger partial charge in [-0.2, -0.15) is 0 Å². The van der Waals surface area contributed by atoms with E-state index < -0.39 is 6.10 Å². The molecule has 1 aliphatic heterocycles. The van der Waals surface area contributed by atoms with Crippen LogP contribution < -0.4 is 19.3 Å². The first kappa shape index (κ1) is 18.0. The second-order valence-corrected chi connectivity index (χ2v) is 6.17. The molecule has 6 heteroatoms. The third kappa shape index (κ3) is 6.74. The Labute approximate surface area is 138 Å². The lowest BCUT2D eigenvalue weighted by Gasteiger charge is -2.28.